The van der Waals surface area contributed by atoms with Crippen LogP contribution in [0.5, 0.6) is 0 Å². The SMILES string of the molecule is Cc1c(C(=O)NC(=O)C2CCCCC2)nn(-c2ccc(Cl)cc2Cl)c1-c1ccc(Cl)s1. The number of thiophene rings is 1. The summed E-state index contributed by atoms with van der Waals surface area (Å²) in [5.74, 6) is -0.869. The van der Waals surface area contributed by atoms with Crippen LogP contribution in [0.3, 0.4) is 0 Å². The molecule has 2 heterocycles. The normalized spacial score (nSPS) is 14.6. The molecular formula is C22H20Cl3N3O2S. The van der Waals surface area contributed by atoms with Crippen LogP contribution < -0.4 is 5.32 Å². The summed E-state index contributed by atoms with van der Waals surface area (Å²) < 4.78 is 2.22. The Labute approximate surface area is 199 Å². The minimum atomic E-state index is -0.513. The second kappa shape index (κ2) is 9.33. The predicted octanol–water partition coefficient (Wildman–Crippen LogP) is 6.71. The van der Waals surface area contributed by atoms with E-state index >= 15 is 0 Å². The van der Waals surface area contributed by atoms with Crippen molar-refractivity contribution in [3.63, 3.8) is 0 Å². The van der Waals surface area contributed by atoms with Crippen molar-refractivity contribution in [1.29, 1.82) is 0 Å². The number of rotatable bonds is 4. The van der Waals surface area contributed by atoms with Gasteiger partial charge in [-0.3, -0.25) is 14.9 Å². The fourth-order valence-electron chi connectivity index (χ4n) is 3.91. The van der Waals surface area contributed by atoms with E-state index in [4.69, 9.17) is 34.8 Å². The van der Waals surface area contributed by atoms with Crippen LogP contribution in [0.1, 0.15) is 48.2 Å². The fourth-order valence-corrected chi connectivity index (χ4v) is 5.53. The first-order chi connectivity index (χ1) is 14.8. The number of imide groups is 1. The topological polar surface area (TPSA) is 64.0 Å². The van der Waals surface area contributed by atoms with Gasteiger partial charge in [-0.25, -0.2) is 4.68 Å². The van der Waals surface area contributed by atoms with Crippen molar-refractivity contribution >= 4 is 58.0 Å². The highest BCUT2D eigenvalue weighted by Gasteiger charge is 2.28. The van der Waals surface area contributed by atoms with E-state index in [1.807, 2.05) is 6.07 Å². The quantitative estimate of drug-likeness (QED) is 0.408. The van der Waals surface area contributed by atoms with Gasteiger partial charge in [0.05, 0.1) is 25.6 Å². The van der Waals surface area contributed by atoms with Crippen LogP contribution in [0.2, 0.25) is 14.4 Å². The second-order valence-electron chi connectivity index (χ2n) is 7.59. The molecule has 9 heteroatoms. The summed E-state index contributed by atoms with van der Waals surface area (Å²) in [6.45, 7) is 1.80. The van der Waals surface area contributed by atoms with E-state index in [0.29, 0.717) is 31.3 Å². The number of benzene rings is 1. The van der Waals surface area contributed by atoms with Crippen molar-refractivity contribution in [3.8, 4) is 16.3 Å². The average Bonchev–Trinajstić information content (AvgIpc) is 3.31. The van der Waals surface area contributed by atoms with E-state index < -0.39 is 5.91 Å². The van der Waals surface area contributed by atoms with Gasteiger partial charge in [-0.1, -0.05) is 54.1 Å². The monoisotopic (exact) mass is 495 g/mol. The van der Waals surface area contributed by atoms with Crippen molar-refractivity contribution in [2.24, 2.45) is 5.92 Å². The van der Waals surface area contributed by atoms with Gasteiger partial charge >= 0.3 is 0 Å². The molecule has 1 aliphatic carbocycles. The molecule has 4 rings (SSSR count). The molecule has 1 fully saturated rings. The summed E-state index contributed by atoms with van der Waals surface area (Å²) in [6, 6.07) is 8.72. The van der Waals surface area contributed by atoms with Crippen LogP contribution in [0.15, 0.2) is 30.3 Å². The van der Waals surface area contributed by atoms with Gasteiger partial charge in [-0.2, -0.15) is 5.10 Å². The molecular weight excluding hydrogens is 477 g/mol. The van der Waals surface area contributed by atoms with Gasteiger partial charge in [0.2, 0.25) is 5.91 Å². The third-order valence-corrected chi connectivity index (χ3v) is 7.27. The molecule has 0 bridgehead atoms. The van der Waals surface area contributed by atoms with Crippen LogP contribution in [0.25, 0.3) is 16.3 Å². The summed E-state index contributed by atoms with van der Waals surface area (Å²) in [6.07, 6.45) is 4.78. The second-order valence-corrected chi connectivity index (χ2v) is 10.1. The van der Waals surface area contributed by atoms with Gasteiger partial charge in [0.25, 0.3) is 5.91 Å². The predicted molar refractivity (Wildman–Crippen MR) is 126 cm³/mol. The molecule has 5 nitrogen and oxygen atoms in total. The Morgan fingerprint density at radius 3 is 2.48 bits per heavy atom. The number of nitrogens with zero attached hydrogens (tertiary/aromatic N) is 2. The molecule has 0 unspecified atom stereocenters. The highest BCUT2D eigenvalue weighted by molar-refractivity contribution is 7.19. The molecule has 31 heavy (non-hydrogen) atoms. The van der Waals surface area contributed by atoms with E-state index in [-0.39, 0.29) is 17.5 Å². The summed E-state index contributed by atoms with van der Waals surface area (Å²) in [4.78, 5) is 26.4. The van der Waals surface area contributed by atoms with E-state index in [2.05, 4.69) is 10.4 Å². The Morgan fingerprint density at radius 1 is 1.10 bits per heavy atom. The molecule has 0 spiro atoms. The van der Waals surface area contributed by atoms with Crippen molar-refractivity contribution < 1.29 is 9.59 Å². The first-order valence-electron chi connectivity index (χ1n) is 10.0. The zero-order valence-electron chi connectivity index (χ0n) is 16.8. The number of aromatic nitrogens is 2. The third-order valence-electron chi connectivity index (χ3n) is 5.49. The number of nitrogens with one attached hydrogen (secondary N) is 1. The lowest BCUT2D eigenvalue weighted by Gasteiger charge is -2.19. The number of hydrogen-bond donors (Lipinski definition) is 1. The molecule has 1 saturated carbocycles. The molecule has 1 N–H and O–H groups in total. The van der Waals surface area contributed by atoms with Crippen LogP contribution in [-0.2, 0) is 4.79 Å². The molecule has 0 atom stereocenters. The first-order valence-corrected chi connectivity index (χ1v) is 12.0. The summed E-state index contributed by atoms with van der Waals surface area (Å²) in [5, 5.41) is 7.98. The zero-order chi connectivity index (χ0) is 22.1. The van der Waals surface area contributed by atoms with Crippen LogP contribution in [0, 0.1) is 12.8 Å². The Balaban J connectivity index is 1.74. The molecule has 0 aliphatic heterocycles. The summed E-state index contributed by atoms with van der Waals surface area (Å²) in [5.41, 5.74) is 2.08. The van der Waals surface area contributed by atoms with E-state index in [1.165, 1.54) is 11.3 Å². The minimum Gasteiger partial charge on any atom is -0.291 e. The van der Waals surface area contributed by atoms with E-state index in [0.717, 1.165) is 37.0 Å². The van der Waals surface area contributed by atoms with E-state index in [9.17, 15) is 9.59 Å². The molecule has 2 amide bonds. The largest absolute Gasteiger partial charge is 0.291 e. The third kappa shape index (κ3) is 4.67. The highest BCUT2D eigenvalue weighted by atomic mass is 35.5. The number of hydrogen-bond acceptors (Lipinski definition) is 4. The lowest BCUT2D eigenvalue weighted by atomic mass is 9.88. The van der Waals surface area contributed by atoms with Gasteiger partial charge in [0.1, 0.15) is 0 Å². The average molecular weight is 497 g/mol. The number of amides is 2. The lowest BCUT2D eigenvalue weighted by molar-refractivity contribution is -0.124. The molecule has 2 aromatic heterocycles. The standard InChI is InChI=1S/C22H20Cl3N3O2S/c1-12-19(22(30)26-21(29)13-5-3-2-4-6-13)27-28(16-8-7-14(23)11-15(16)24)20(12)17-9-10-18(25)31-17/h7-11,13H,2-6H2,1H3,(H,26,29,30). The molecule has 1 aliphatic rings. The Hall–Kier alpha value is -1.86. The molecule has 1 aromatic carbocycles. The van der Waals surface area contributed by atoms with Crippen molar-refractivity contribution in [1.82, 2.24) is 15.1 Å². The Kier molecular flexibility index (Phi) is 6.72. The number of halogens is 3. The smallest absolute Gasteiger partial charge is 0.278 e. The van der Waals surface area contributed by atoms with Crippen molar-refractivity contribution in [2.75, 3.05) is 0 Å². The summed E-state index contributed by atoms with van der Waals surface area (Å²) >= 11 is 20.0. The Morgan fingerprint density at radius 2 is 1.84 bits per heavy atom. The van der Waals surface area contributed by atoms with Crippen molar-refractivity contribution in [3.05, 3.63) is 56.0 Å². The number of carbonyl (C=O) groups is 2. The maximum atomic E-state index is 13.0. The van der Waals surface area contributed by atoms with Crippen LogP contribution >= 0.6 is 46.1 Å². The summed E-state index contributed by atoms with van der Waals surface area (Å²) in [7, 11) is 0. The Bertz CT molecular complexity index is 1150. The number of carbonyl (C=O) groups excluding carboxylic acids is 2. The van der Waals surface area contributed by atoms with Gasteiger partial charge < -0.3 is 0 Å². The van der Waals surface area contributed by atoms with Crippen molar-refractivity contribution in [2.45, 2.75) is 39.0 Å². The van der Waals surface area contributed by atoms with Gasteiger partial charge in [-0.05, 0) is 50.1 Å². The molecule has 3 aromatic rings. The molecule has 0 saturated heterocycles. The zero-order valence-corrected chi connectivity index (χ0v) is 19.8. The van der Waals surface area contributed by atoms with Gasteiger partial charge in [-0.15, -0.1) is 11.3 Å². The first kappa shape index (κ1) is 22.3. The molecule has 0 radical (unpaired) electrons. The maximum absolute atomic E-state index is 13.0. The fraction of sp³-hybridized carbons (Fsp3) is 0.318. The highest BCUT2D eigenvalue weighted by Crippen LogP contribution is 2.37. The van der Waals surface area contributed by atoms with Gasteiger partial charge in [0, 0.05) is 16.5 Å². The van der Waals surface area contributed by atoms with Crippen LogP contribution in [-0.4, -0.2) is 21.6 Å². The minimum absolute atomic E-state index is 0.124. The lowest BCUT2D eigenvalue weighted by Crippen LogP contribution is -2.37. The maximum Gasteiger partial charge on any atom is 0.278 e. The van der Waals surface area contributed by atoms with Crippen LogP contribution in [0.4, 0.5) is 0 Å². The molecule has 162 valence electrons. The van der Waals surface area contributed by atoms with E-state index in [1.54, 1.807) is 35.9 Å². The van der Waals surface area contributed by atoms with Gasteiger partial charge in [0.15, 0.2) is 5.69 Å².